The molecule has 1 aromatic heterocycles. The molecule has 8 heteroatoms. The van der Waals surface area contributed by atoms with Crippen LogP contribution < -0.4 is 10.6 Å². The Bertz CT molecular complexity index is 1090. The van der Waals surface area contributed by atoms with Crippen LogP contribution in [-0.2, 0) is 6.54 Å². The smallest absolute Gasteiger partial charge is 0.175 e. The number of aryl methyl sites for hydroxylation is 1. The summed E-state index contributed by atoms with van der Waals surface area (Å²) in [6.45, 7) is 5.92. The second-order valence-corrected chi connectivity index (χ2v) is 7.91. The molecule has 0 amide bonds. The van der Waals surface area contributed by atoms with Crippen molar-refractivity contribution in [2.75, 3.05) is 10.6 Å². The fourth-order valence-corrected chi connectivity index (χ4v) is 3.62. The van der Waals surface area contributed by atoms with Crippen molar-refractivity contribution in [2.24, 2.45) is 0 Å². The molecule has 2 aromatic carbocycles. The zero-order valence-corrected chi connectivity index (χ0v) is 18.5. The lowest BCUT2D eigenvalue weighted by Gasteiger charge is -2.12. The highest BCUT2D eigenvalue weighted by molar-refractivity contribution is 7.80. The van der Waals surface area contributed by atoms with Gasteiger partial charge in [-0.15, -0.1) is 0 Å². The molecule has 5 nitrogen and oxygen atoms in total. The van der Waals surface area contributed by atoms with Gasteiger partial charge in [-0.1, -0.05) is 41.4 Å². The van der Waals surface area contributed by atoms with Gasteiger partial charge in [0.25, 0.3) is 0 Å². The van der Waals surface area contributed by atoms with E-state index in [0.717, 1.165) is 28.3 Å². The minimum Gasteiger partial charge on any atom is -0.332 e. The summed E-state index contributed by atoms with van der Waals surface area (Å²) in [5.41, 5.74) is 4.86. The van der Waals surface area contributed by atoms with Gasteiger partial charge in [0.15, 0.2) is 10.9 Å². The summed E-state index contributed by atoms with van der Waals surface area (Å²) in [5.74, 6) is 0.00125. The molecule has 2 N–H and O–H groups in total. The second-order valence-electron chi connectivity index (χ2n) is 6.66. The topological polar surface area (TPSA) is 59.0 Å². The van der Waals surface area contributed by atoms with Gasteiger partial charge >= 0.3 is 0 Å². The molecule has 150 valence electrons. The highest BCUT2D eigenvalue weighted by Gasteiger charge is 2.14. The van der Waals surface area contributed by atoms with Crippen LogP contribution in [0, 0.1) is 13.8 Å². The Balaban J connectivity index is 1.75. The molecular formula is C21H20Cl2N4OS. The normalized spacial score (nSPS) is 10.7. The standard InChI is InChI=1S/C21H20Cl2N4OS/c1-12-20(25-21(29)24-18-6-4-5-15(9-18)14(3)28)13(2)27(26-12)11-16-7-8-17(22)10-19(16)23/h4-10H,11H2,1-3H3,(H2,24,25,29). The molecule has 3 rings (SSSR count). The van der Waals surface area contributed by atoms with Crippen LogP contribution >= 0.6 is 35.4 Å². The molecule has 0 aliphatic rings. The number of hydrogen-bond acceptors (Lipinski definition) is 3. The molecule has 0 radical (unpaired) electrons. The Morgan fingerprint density at radius 1 is 1.14 bits per heavy atom. The van der Waals surface area contributed by atoms with Crippen LogP contribution in [0.1, 0.15) is 34.2 Å². The predicted molar refractivity (Wildman–Crippen MR) is 124 cm³/mol. The molecule has 0 unspecified atom stereocenters. The Kier molecular flexibility index (Phi) is 6.57. The summed E-state index contributed by atoms with van der Waals surface area (Å²) >= 11 is 17.7. The lowest BCUT2D eigenvalue weighted by molar-refractivity contribution is 0.101. The number of rotatable bonds is 5. The van der Waals surface area contributed by atoms with E-state index in [1.54, 1.807) is 18.2 Å². The van der Waals surface area contributed by atoms with Crippen molar-refractivity contribution < 1.29 is 4.79 Å². The molecule has 3 aromatic rings. The molecule has 0 fully saturated rings. The van der Waals surface area contributed by atoms with Gasteiger partial charge in [-0.2, -0.15) is 5.10 Å². The first kappa shape index (κ1) is 21.3. The van der Waals surface area contributed by atoms with Gasteiger partial charge < -0.3 is 10.6 Å². The van der Waals surface area contributed by atoms with Gasteiger partial charge in [-0.25, -0.2) is 0 Å². The van der Waals surface area contributed by atoms with Crippen molar-refractivity contribution in [3.05, 3.63) is 75.0 Å². The van der Waals surface area contributed by atoms with E-state index in [0.29, 0.717) is 27.3 Å². The summed E-state index contributed by atoms with van der Waals surface area (Å²) in [6, 6.07) is 12.6. The van der Waals surface area contributed by atoms with E-state index in [1.807, 2.05) is 42.8 Å². The minimum atomic E-state index is 0.00125. The largest absolute Gasteiger partial charge is 0.332 e. The van der Waals surface area contributed by atoms with Gasteiger partial charge in [0.1, 0.15) is 0 Å². The molecule has 29 heavy (non-hydrogen) atoms. The number of hydrogen-bond donors (Lipinski definition) is 2. The molecule has 0 atom stereocenters. The van der Waals surface area contributed by atoms with Gasteiger partial charge in [-0.3, -0.25) is 9.48 Å². The number of halogens is 2. The number of Topliss-reactive ketones (excluding diaryl/α,β-unsaturated/α-hetero) is 1. The number of ketones is 1. The van der Waals surface area contributed by atoms with Crippen LogP contribution in [0.5, 0.6) is 0 Å². The third kappa shape index (κ3) is 5.15. The van der Waals surface area contributed by atoms with E-state index in [4.69, 9.17) is 35.4 Å². The van der Waals surface area contributed by atoms with Gasteiger partial charge in [0.05, 0.1) is 23.6 Å². The summed E-state index contributed by atoms with van der Waals surface area (Å²) in [7, 11) is 0. The zero-order valence-electron chi connectivity index (χ0n) is 16.2. The Hall–Kier alpha value is -2.41. The fraction of sp³-hybridized carbons (Fsp3) is 0.190. The van der Waals surface area contributed by atoms with Gasteiger partial charge in [-0.05, 0) is 62.8 Å². The molecule has 0 aliphatic heterocycles. The van der Waals surface area contributed by atoms with Crippen molar-refractivity contribution in [3.63, 3.8) is 0 Å². The number of aromatic nitrogens is 2. The Morgan fingerprint density at radius 3 is 2.59 bits per heavy atom. The summed E-state index contributed by atoms with van der Waals surface area (Å²) in [5, 5.41) is 12.5. The average Bonchev–Trinajstić information content (AvgIpc) is 2.91. The third-order valence-electron chi connectivity index (χ3n) is 4.48. The first-order valence-corrected chi connectivity index (χ1v) is 10.1. The van der Waals surface area contributed by atoms with Crippen molar-refractivity contribution in [1.82, 2.24) is 9.78 Å². The van der Waals surface area contributed by atoms with Crippen LogP contribution in [0.15, 0.2) is 42.5 Å². The Morgan fingerprint density at radius 2 is 1.90 bits per heavy atom. The first-order valence-electron chi connectivity index (χ1n) is 8.91. The van der Waals surface area contributed by atoms with Crippen molar-refractivity contribution in [3.8, 4) is 0 Å². The molecule has 0 saturated carbocycles. The summed E-state index contributed by atoms with van der Waals surface area (Å²) in [6.07, 6.45) is 0. The van der Waals surface area contributed by atoms with E-state index < -0.39 is 0 Å². The predicted octanol–water partition coefficient (Wildman–Crippen LogP) is 5.87. The monoisotopic (exact) mass is 446 g/mol. The van der Waals surface area contributed by atoms with Crippen LogP contribution in [0.25, 0.3) is 0 Å². The molecule has 0 aliphatic carbocycles. The highest BCUT2D eigenvalue weighted by Crippen LogP contribution is 2.25. The van der Waals surface area contributed by atoms with Crippen LogP contribution in [0.2, 0.25) is 10.0 Å². The quantitative estimate of drug-likeness (QED) is 0.379. The third-order valence-corrected chi connectivity index (χ3v) is 5.27. The van der Waals surface area contributed by atoms with Gasteiger partial charge in [0.2, 0.25) is 0 Å². The van der Waals surface area contributed by atoms with Crippen molar-refractivity contribution in [1.29, 1.82) is 0 Å². The maximum Gasteiger partial charge on any atom is 0.175 e. The highest BCUT2D eigenvalue weighted by atomic mass is 35.5. The molecular weight excluding hydrogens is 427 g/mol. The van der Waals surface area contributed by atoms with Crippen LogP contribution in [-0.4, -0.2) is 20.7 Å². The number of carbonyl (C=O) groups is 1. The fourth-order valence-electron chi connectivity index (χ4n) is 2.93. The van der Waals surface area contributed by atoms with E-state index in [9.17, 15) is 4.79 Å². The van der Waals surface area contributed by atoms with E-state index in [1.165, 1.54) is 6.92 Å². The van der Waals surface area contributed by atoms with E-state index >= 15 is 0 Å². The van der Waals surface area contributed by atoms with Crippen molar-refractivity contribution in [2.45, 2.75) is 27.3 Å². The van der Waals surface area contributed by atoms with Crippen LogP contribution in [0.3, 0.4) is 0 Å². The number of anilines is 2. The zero-order chi connectivity index (χ0) is 21.1. The average molecular weight is 447 g/mol. The Labute approximate surface area is 185 Å². The first-order chi connectivity index (χ1) is 13.7. The second kappa shape index (κ2) is 8.95. The maximum atomic E-state index is 11.6. The number of benzene rings is 2. The molecule has 0 spiro atoms. The summed E-state index contributed by atoms with van der Waals surface area (Å²) < 4.78 is 1.87. The molecule has 1 heterocycles. The number of nitrogens with zero attached hydrogens (tertiary/aromatic N) is 2. The van der Waals surface area contributed by atoms with Crippen LogP contribution in [0.4, 0.5) is 11.4 Å². The number of carbonyl (C=O) groups excluding carboxylic acids is 1. The van der Waals surface area contributed by atoms with Crippen molar-refractivity contribution >= 4 is 57.7 Å². The lowest BCUT2D eigenvalue weighted by atomic mass is 10.1. The maximum absolute atomic E-state index is 11.6. The molecule has 0 saturated heterocycles. The lowest BCUT2D eigenvalue weighted by Crippen LogP contribution is -2.20. The van der Waals surface area contributed by atoms with E-state index in [2.05, 4.69) is 15.7 Å². The summed E-state index contributed by atoms with van der Waals surface area (Å²) in [4.78, 5) is 11.6. The SMILES string of the molecule is CC(=O)c1cccc(NC(=S)Nc2c(C)nn(Cc3ccc(Cl)cc3Cl)c2C)c1. The number of nitrogens with one attached hydrogen (secondary N) is 2. The minimum absolute atomic E-state index is 0.00125. The molecule has 0 bridgehead atoms. The van der Waals surface area contributed by atoms with Gasteiger partial charge in [0, 0.05) is 21.3 Å². The van der Waals surface area contributed by atoms with E-state index in [-0.39, 0.29) is 5.78 Å². The number of thiocarbonyl (C=S) groups is 1.